The minimum Gasteiger partial charge on any atom is -0.505 e. The summed E-state index contributed by atoms with van der Waals surface area (Å²) in [4.78, 5) is 11.0. The normalized spacial score (nSPS) is 10.3. The number of nitrogens with one attached hydrogen (secondary N) is 1. The van der Waals surface area contributed by atoms with E-state index >= 15 is 0 Å². The van der Waals surface area contributed by atoms with E-state index in [1.807, 2.05) is 0 Å². The average Bonchev–Trinajstić information content (AvgIpc) is 2.41. The summed E-state index contributed by atoms with van der Waals surface area (Å²) in [7, 11) is 0. The SMILES string of the molecule is Cc1c(NCc2cccc(F)c2O)cccc1C(=O)O. The summed E-state index contributed by atoms with van der Waals surface area (Å²) in [5.74, 6) is -2.08. The minimum absolute atomic E-state index is 0.202. The van der Waals surface area contributed by atoms with E-state index in [0.29, 0.717) is 16.8 Å². The molecule has 0 aliphatic rings. The number of carboxylic acid groups (broad SMARTS) is 1. The zero-order chi connectivity index (χ0) is 14.7. The molecule has 0 aliphatic heterocycles. The summed E-state index contributed by atoms with van der Waals surface area (Å²) in [6.07, 6.45) is 0. The minimum atomic E-state index is -1.00. The number of carbonyl (C=O) groups is 1. The number of carboxylic acids is 1. The maximum Gasteiger partial charge on any atom is 0.336 e. The summed E-state index contributed by atoms with van der Waals surface area (Å²) < 4.78 is 13.2. The molecule has 104 valence electrons. The van der Waals surface area contributed by atoms with Gasteiger partial charge in [0.1, 0.15) is 0 Å². The molecule has 2 aromatic rings. The third-order valence-electron chi connectivity index (χ3n) is 3.10. The Morgan fingerprint density at radius 2 is 1.95 bits per heavy atom. The largest absolute Gasteiger partial charge is 0.505 e. The van der Waals surface area contributed by atoms with E-state index in [1.165, 1.54) is 18.2 Å². The van der Waals surface area contributed by atoms with Crippen molar-refractivity contribution < 1.29 is 19.4 Å². The Morgan fingerprint density at radius 1 is 1.25 bits per heavy atom. The molecule has 0 fully saturated rings. The lowest BCUT2D eigenvalue weighted by Crippen LogP contribution is -2.06. The molecule has 2 rings (SSSR count). The highest BCUT2D eigenvalue weighted by Crippen LogP contribution is 2.24. The smallest absolute Gasteiger partial charge is 0.336 e. The molecule has 0 bridgehead atoms. The van der Waals surface area contributed by atoms with Crippen LogP contribution in [0.15, 0.2) is 36.4 Å². The van der Waals surface area contributed by atoms with Crippen LogP contribution < -0.4 is 5.32 Å². The van der Waals surface area contributed by atoms with Crippen LogP contribution in [0.1, 0.15) is 21.5 Å². The van der Waals surface area contributed by atoms with Crippen LogP contribution in [0, 0.1) is 12.7 Å². The van der Waals surface area contributed by atoms with Crippen molar-refractivity contribution in [3.05, 3.63) is 58.9 Å². The second kappa shape index (κ2) is 5.61. The predicted octanol–water partition coefficient (Wildman–Crippen LogP) is 3.15. The number of rotatable bonds is 4. The summed E-state index contributed by atoms with van der Waals surface area (Å²) in [6, 6.07) is 9.16. The molecular formula is C15H14FNO3. The van der Waals surface area contributed by atoms with Crippen molar-refractivity contribution >= 4 is 11.7 Å². The maximum atomic E-state index is 13.2. The van der Waals surface area contributed by atoms with E-state index in [2.05, 4.69) is 5.32 Å². The Labute approximate surface area is 115 Å². The highest BCUT2D eigenvalue weighted by molar-refractivity contribution is 5.91. The topological polar surface area (TPSA) is 69.6 Å². The number of aromatic carboxylic acids is 1. The summed E-state index contributed by atoms with van der Waals surface area (Å²) >= 11 is 0. The predicted molar refractivity (Wildman–Crippen MR) is 73.5 cm³/mol. The highest BCUT2D eigenvalue weighted by Gasteiger charge is 2.11. The van der Waals surface area contributed by atoms with E-state index in [0.717, 1.165) is 0 Å². The number of benzene rings is 2. The van der Waals surface area contributed by atoms with E-state index in [1.54, 1.807) is 25.1 Å². The third kappa shape index (κ3) is 2.71. The van der Waals surface area contributed by atoms with Gasteiger partial charge in [-0.2, -0.15) is 0 Å². The Bertz CT molecular complexity index is 656. The van der Waals surface area contributed by atoms with Gasteiger partial charge in [-0.25, -0.2) is 9.18 Å². The first kappa shape index (κ1) is 13.9. The molecule has 0 heterocycles. The van der Waals surface area contributed by atoms with Crippen LogP contribution in [-0.2, 0) is 6.54 Å². The van der Waals surface area contributed by atoms with Crippen LogP contribution in [0.25, 0.3) is 0 Å². The quantitative estimate of drug-likeness (QED) is 0.801. The van der Waals surface area contributed by atoms with E-state index < -0.39 is 17.5 Å². The number of para-hydroxylation sites is 1. The van der Waals surface area contributed by atoms with Crippen LogP contribution in [0.2, 0.25) is 0 Å². The molecule has 0 saturated carbocycles. The monoisotopic (exact) mass is 275 g/mol. The fourth-order valence-electron chi connectivity index (χ4n) is 1.95. The molecule has 0 unspecified atom stereocenters. The molecule has 0 spiro atoms. The molecular weight excluding hydrogens is 261 g/mol. The van der Waals surface area contributed by atoms with Crippen molar-refractivity contribution in [3.8, 4) is 5.75 Å². The number of hydrogen-bond acceptors (Lipinski definition) is 3. The summed E-state index contributed by atoms with van der Waals surface area (Å²) in [5.41, 5.74) is 1.84. The van der Waals surface area contributed by atoms with E-state index in [9.17, 15) is 14.3 Å². The number of halogens is 1. The van der Waals surface area contributed by atoms with E-state index in [4.69, 9.17) is 5.11 Å². The van der Waals surface area contributed by atoms with Crippen LogP contribution in [0.3, 0.4) is 0 Å². The highest BCUT2D eigenvalue weighted by atomic mass is 19.1. The van der Waals surface area contributed by atoms with Gasteiger partial charge in [0.15, 0.2) is 11.6 Å². The first-order valence-electron chi connectivity index (χ1n) is 6.04. The third-order valence-corrected chi connectivity index (χ3v) is 3.10. The van der Waals surface area contributed by atoms with Gasteiger partial charge in [0, 0.05) is 17.8 Å². The van der Waals surface area contributed by atoms with Gasteiger partial charge in [0.25, 0.3) is 0 Å². The van der Waals surface area contributed by atoms with Crippen molar-refractivity contribution in [3.63, 3.8) is 0 Å². The lowest BCUT2D eigenvalue weighted by atomic mass is 10.1. The molecule has 0 amide bonds. The Hall–Kier alpha value is -2.56. The van der Waals surface area contributed by atoms with Crippen molar-refractivity contribution in [2.45, 2.75) is 13.5 Å². The number of hydrogen-bond donors (Lipinski definition) is 3. The summed E-state index contributed by atoms with van der Waals surface area (Å²) in [5, 5.41) is 21.6. The fourth-order valence-corrected chi connectivity index (χ4v) is 1.95. The van der Waals surface area contributed by atoms with Crippen LogP contribution in [-0.4, -0.2) is 16.2 Å². The Balaban J connectivity index is 2.21. The molecule has 3 N–H and O–H groups in total. The van der Waals surface area contributed by atoms with Gasteiger partial charge < -0.3 is 15.5 Å². The number of aromatic hydroxyl groups is 1. The molecule has 0 atom stereocenters. The number of phenols is 1. The fraction of sp³-hybridized carbons (Fsp3) is 0.133. The maximum absolute atomic E-state index is 13.2. The van der Waals surface area contributed by atoms with Gasteiger partial charge >= 0.3 is 5.97 Å². The summed E-state index contributed by atoms with van der Waals surface area (Å²) in [6.45, 7) is 1.89. The van der Waals surface area contributed by atoms with Gasteiger partial charge in [0.2, 0.25) is 0 Å². The van der Waals surface area contributed by atoms with Crippen molar-refractivity contribution in [1.82, 2.24) is 0 Å². The lowest BCUT2D eigenvalue weighted by Gasteiger charge is -2.12. The van der Waals surface area contributed by atoms with Gasteiger partial charge in [-0.05, 0) is 30.7 Å². The second-order valence-corrected chi connectivity index (χ2v) is 4.38. The molecule has 4 nitrogen and oxygen atoms in total. The molecule has 0 aliphatic carbocycles. The Morgan fingerprint density at radius 3 is 2.65 bits per heavy atom. The van der Waals surface area contributed by atoms with Crippen LogP contribution in [0.4, 0.5) is 10.1 Å². The van der Waals surface area contributed by atoms with Crippen molar-refractivity contribution in [2.24, 2.45) is 0 Å². The Kier molecular flexibility index (Phi) is 3.89. The number of phenolic OH excluding ortho intramolecular Hbond substituents is 1. The standard InChI is InChI=1S/C15H14FNO3/c1-9-11(15(19)20)5-3-7-13(9)17-8-10-4-2-6-12(16)14(10)18/h2-7,17-18H,8H2,1H3,(H,19,20). The molecule has 2 aromatic carbocycles. The van der Waals surface area contributed by atoms with Crippen molar-refractivity contribution in [2.75, 3.05) is 5.32 Å². The molecule has 5 heteroatoms. The molecule has 20 heavy (non-hydrogen) atoms. The molecule has 0 radical (unpaired) electrons. The zero-order valence-electron chi connectivity index (χ0n) is 10.9. The second-order valence-electron chi connectivity index (χ2n) is 4.38. The van der Waals surface area contributed by atoms with Crippen molar-refractivity contribution in [1.29, 1.82) is 0 Å². The van der Waals surface area contributed by atoms with Gasteiger partial charge in [-0.1, -0.05) is 18.2 Å². The van der Waals surface area contributed by atoms with Gasteiger partial charge in [0.05, 0.1) is 5.56 Å². The average molecular weight is 275 g/mol. The molecule has 0 saturated heterocycles. The first-order valence-corrected chi connectivity index (χ1v) is 6.04. The number of anilines is 1. The zero-order valence-corrected chi connectivity index (χ0v) is 10.9. The van der Waals surface area contributed by atoms with Gasteiger partial charge in [-0.15, -0.1) is 0 Å². The van der Waals surface area contributed by atoms with Crippen LogP contribution in [0.5, 0.6) is 5.75 Å². The van der Waals surface area contributed by atoms with Gasteiger partial charge in [-0.3, -0.25) is 0 Å². The first-order chi connectivity index (χ1) is 9.50. The lowest BCUT2D eigenvalue weighted by molar-refractivity contribution is 0.0696. The van der Waals surface area contributed by atoms with E-state index in [-0.39, 0.29) is 12.1 Å². The van der Waals surface area contributed by atoms with Crippen LogP contribution >= 0.6 is 0 Å². The molecule has 0 aromatic heterocycles.